The number of hydrogen-bond donors (Lipinski definition) is 2. The van der Waals surface area contributed by atoms with Crippen molar-refractivity contribution in [2.24, 2.45) is 5.73 Å². The van der Waals surface area contributed by atoms with Gasteiger partial charge in [-0.05, 0) is 41.7 Å². The van der Waals surface area contributed by atoms with Crippen molar-refractivity contribution in [2.45, 2.75) is 58.4 Å². The molecule has 0 spiro atoms. The summed E-state index contributed by atoms with van der Waals surface area (Å²) in [6.07, 6.45) is 4.90. The van der Waals surface area contributed by atoms with Crippen LogP contribution in [0.1, 0.15) is 61.9 Å². The quantitative estimate of drug-likeness (QED) is 0.377. The Hall–Kier alpha value is -2.50. The van der Waals surface area contributed by atoms with Crippen LogP contribution in [0.3, 0.4) is 0 Å². The smallest absolute Gasteiger partial charge is 0.251 e. The summed E-state index contributed by atoms with van der Waals surface area (Å²) in [5.41, 5.74) is 9.34. The number of carbonyl (C=O) groups is 2. The Morgan fingerprint density at radius 2 is 1.60 bits per heavy atom. The molecule has 162 valence electrons. The molecule has 0 aliphatic rings. The van der Waals surface area contributed by atoms with Gasteiger partial charge >= 0.3 is 0 Å². The van der Waals surface area contributed by atoms with E-state index in [1.54, 1.807) is 0 Å². The summed E-state index contributed by atoms with van der Waals surface area (Å²) >= 11 is 0. The van der Waals surface area contributed by atoms with Crippen LogP contribution in [0.5, 0.6) is 0 Å². The monoisotopic (exact) mass is 410 g/mol. The molecule has 0 fully saturated rings. The number of Topliss-reactive ketones (excluding diaryl/α,β-unsaturated/α-hetero) is 1. The molecule has 30 heavy (non-hydrogen) atoms. The third kappa shape index (κ3) is 7.39. The molecule has 0 aliphatic heterocycles. The minimum Gasteiger partial charge on any atom is -0.366 e. The van der Waals surface area contributed by atoms with Crippen molar-refractivity contribution in [3.63, 3.8) is 0 Å². The fourth-order valence-corrected chi connectivity index (χ4v) is 3.33. The zero-order valence-electron chi connectivity index (χ0n) is 18.2. The van der Waals surface area contributed by atoms with Crippen molar-refractivity contribution in [3.05, 3.63) is 59.7 Å². The highest BCUT2D eigenvalue weighted by Gasteiger charge is 2.20. The maximum absolute atomic E-state index is 12.7. The topological polar surface area (TPSA) is 81.4 Å². The lowest BCUT2D eigenvalue weighted by Gasteiger charge is -2.18. The molecule has 3 N–H and O–H groups in total. The van der Waals surface area contributed by atoms with Crippen LogP contribution >= 0.6 is 0 Å². The number of benzene rings is 2. The van der Waals surface area contributed by atoms with Crippen LogP contribution in [0.4, 0.5) is 0 Å². The third-order valence-electron chi connectivity index (χ3n) is 5.24. The molecule has 5 nitrogen and oxygen atoms in total. The molecule has 0 bridgehead atoms. The van der Waals surface area contributed by atoms with Crippen molar-refractivity contribution < 1.29 is 14.3 Å². The highest BCUT2D eigenvalue weighted by Crippen LogP contribution is 2.21. The number of ether oxygens (including phenoxy) is 1. The van der Waals surface area contributed by atoms with Gasteiger partial charge in [0.25, 0.3) is 5.91 Å². The summed E-state index contributed by atoms with van der Waals surface area (Å²) in [7, 11) is 0. The number of nitrogens with two attached hydrogens (primary N) is 1. The lowest BCUT2D eigenvalue weighted by molar-refractivity contribution is -0.122. The molecule has 5 heteroatoms. The second kappa shape index (κ2) is 12.9. The standard InChI is InChI=1S/C25H34N2O3/c1-3-5-6-7-23(24(28)16-17-30-18-26)27-25(29)22-14-12-21(13-15-22)20-10-8-19(4-2)9-11-20/h8-15,23H,3-7,16-18,26H2,1-2H3,(H,27,29). The van der Waals surface area contributed by atoms with Crippen LogP contribution in [0.25, 0.3) is 11.1 Å². The lowest BCUT2D eigenvalue weighted by atomic mass is 10.0. The van der Waals surface area contributed by atoms with E-state index in [1.165, 1.54) is 5.56 Å². The van der Waals surface area contributed by atoms with Crippen molar-refractivity contribution in [1.29, 1.82) is 0 Å². The Labute approximate surface area is 180 Å². The Morgan fingerprint density at radius 3 is 2.17 bits per heavy atom. The van der Waals surface area contributed by atoms with Gasteiger partial charge in [0.2, 0.25) is 0 Å². The maximum atomic E-state index is 12.7. The van der Waals surface area contributed by atoms with Gasteiger partial charge in [-0.2, -0.15) is 0 Å². The number of unbranched alkanes of at least 4 members (excludes halogenated alkanes) is 2. The van der Waals surface area contributed by atoms with Gasteiger partial charge in [-0.15, -0.1) is 0 Å². The Bertz CT molecular complexity index is 785. The second-order valence-electron chi connectivity index (χ2n) is 7.44. The van der Waals surface area contributed by atoms with Crippen LogP contribution in [-0.2, 0) is 16.0 Å². The predicted octanol–water partition coefficient (Wildman–Crippen LogP) is 4.49. The summed E-state index contributed by atoms with van der Waals surface area (Å²) in [5.74, 6) is -0.238. The van der Waals surface area contributed by atoms with Crippen molar-refractivity contribution in [2.75, 3.05) is 13.3 Å². The predicted molar refractivity (Wildman–Crippen MR) is 121 cm³/mol. The second-order valence-corrected chi connectivity index (χ2v) is 7.44. The number of carbonyl (C=O) groups excluding carboxylic acids is 2. The number of amides is 1. The van der Waals surface area contributed by atoms with Crippen molar-refractivity contribution in [1.82, 2.24) is 5.32 Å². The Morgan fingerprint density at radius 1 is 0.967 bits per heavy atom. The minimum atomic E-state index is -0.494. The number of rotatable bonds is 13. The van der Waals surface area contributed by atoms with Gasteiger partial charge in [0.1, 0.15) is 0 Å². The first-order valence-electron chi connectivity index (χ1n) is 10.9. The highest BCUT2D eigenvalue weighted by molar-refractivity contribution is 5.98. The maximum Gasteiger partial charge on any atom is 0.251 e. The average Bonchev–Trinajstić information content (AvgIpc) is 2.78. The molecule has 2 aromatic carbocycles. The van der Waals surface area contributed by atoms with E-state index in [0.29, 0.717) is 12.0 Å². The van der Waals surface area contributed by atoms with Crippen molar-refractivity contribution in [3.8, 4) is 11.1 Å². The van der Waals surface area contributed by atoms with E-state index >= 15 is 0 Å². The first-order chi connectivity index (χ1) is 14.6. The van der Waals surface area contributed by atoms with Gasteiger partial charge in [-0.25, -0.2) is 0 Å². The van der Waals surface area contributed by atoms with Crippen LogP contribution in [0.15, 0.2) is 48.5 Å². The van der Waals surface area contributed by atoms with Crippen LogP contribution in [0.2, 0.25) is 0 Å². The van der Waals surface area contributed by atoms with Gasteiger partial charge in [-0.1, -0.05) is 69.5 Å². The molecule has 2 aromatic rings. The van der Waals surface area contributed by atoms with Gasteiger partial charge in [0.05, 0.1) is 19.4 Å². The first-order valence-corrected chi connectivity index (χ1v) is 10.9. The van der Waals surface area contributed by atoms with Gasteiger partial charge in [0.15, 0.2) is 5.78 Å². The summed E-state index contributed by atoms with van der Waals surface area (Å²) in [4.78, 5) is 25.3. The summed E-state index contributed by atoms with van der Waals surface area (Å²) in [5, 5.41) is 2.92. The van der Waals surface area contributed by atoms with E-state index in [1.807, 2.05) is 24.3 Å². The molecule has 0 heterocycles. The molecule has 0 saturated heterocycles. The lowest BCUT2D eigenvalue weighted by Crippen LogP contribution is -2.41. The summed E-state index contributed by atoms with van der Waals surface area (Å²) < 4.78 is 5.08. The average molecular weight is 411 g/mol. The SMILES string of the molecule is CCCCCC(NC(=O)c1ccc(-c2ccc(CC)cc2)cc1)C(=O)CCOCN. The van der Waals surface area contributed by atoms with E-state index in [-0.39, 0.29) is 31.4 Å². The van der Waals surface area contributed by atoms with E-state index in [4.69, 9.17) is 10.5 Å². The number of nitrogens with one attached hydrogen (secondary N) is 1. The van der Waals surface area contributed by atoms with Gasteiger partial charge in [-0.3, -0.25) is 9.59 Å². The van der Waals surface area contributed by atoms with E-state index in [9.17, 15) is 9.59 Å². The molecular weight excluding hydrogens is 376 g/mol. The number of aryl methyl sites for hydroxylation is 1. The Balaban J connectivity index is 2.03. The zero-order valence-corrected chi connectivity index (χ0v) is 18.2. The third-order valence-corrected chi connectivity index (χ3v) is 5.24. The molecule has 0 aromatic heterocycles. The minimum absolute atomic E-state index is 0.0134. The fourth-order valence-electron chi connectivity index (χ4n) is 3.33. The van der Waals surface area contributed by atoms with Crippen molar-refractivity contribution >= 4 is 11.7 Å². The number of hydrogen-bond acceptors (Lipinski definition) is 4. The van der Waals surface area contributed by atoms with Gasteiger partial charge < -0.3 is 15.8 Å². The van der Waals surface area contributed by atoms with E-state index in [0.717, 1.165) is 36.8 Å². The molecule has 1 amide bonds. The van der Waals surface area contributed by atoms with E-state index in [2.05, 4.69) is 43.4 Å². The fraction of sp³-hybridized carbons (Fsp3) is 0.440. The molecule has 1 atom stereocenters. The highest BCUT2D eigenvalue weighted by atomic mass is 16.5. The first kappa shape index (κ1) is 23.8. The molecule has 0 radical (unpaired) electrons. The summed E-state index contributed by atoms with van der Waals surface area (Å²) in [6.45, 7) is 4.62. The molecule has 1 unspecified atom stereocenters. The molecule has 0 saturated carbocycles. The van der Waals surface area contributed by atoms with Crippen LogP contribution < -0.4 is 11.1 Å². The Kier molecular flexibility index (Phi) is 10.3. The largest absolute Gasteiger partial charge is 0.366 e. The van der Waals surface area contributed by atoms with Gasteiger partial charge in [0, 0.05) is 12.0 Å². The van der Waals surface area contributed by atoms with Crippen LogP contribution in [-0.4, -0.2) is 31.1 Å². The van der Waals surface area contributed by atoms with Crippen LogP contribution in [0, 0.1) is 0 Å². The molecule has 0 aliphatic carbocycles. The van der Waals surface area contributed by atoms with E-state index < -0.39 is 6.04 Å². The number of ketones is 1. The normalized spacial score (nSPS) is 11.8. The summed E-state index contributed by atoms with van der Waals surface area (Å²) in [6, 6.07) is 15.4. The zero-order chi connectivity index (χ0) is 21.8. The molecular formula is C25H34N2O3. The molecule has 2 rings (SSSR count).